The molecule has 0 radical (unpaired) electrons. The molecule has 0 aromatic heterocycles. The molecular weight excluding hydrogens is 292 g/mol. The van der Waals surface area contributed by atoms with E-state index in [-0.39, 0.29) is 18.1 Å². The molecule has 2 aromatic rings. The third-order valence-electron chi connectivity index (χ3n) is 2.80. The van der Waals surface area contributed by atoms with Gasteiger partial charge in [-0.25, -0.2) is 4.21 Å². The van der Waals surface area contributed by atoms with E-state index in [2.05, 4.69) is 10.0 Å². The van der Waals surface area contributed by atoms with E-state index in [9.17, 15) is 13.8 Å². The molecule has 6 nitrogen and oxygen atoms in total. The van der Waals surface area contributed by atoms with Crippen LogP contribution in [-0.2, 0) is 20.9 Å². The summed E-state index contributed by atoms with van der Waals surface area (Å²) in [7, 11) is 0. The van der Waals surface area contributed by atoms with Crippen molar-refractivity contribution in [2.75, 3.05) is 10.0 Å². The minimum atomic E-state index is -2.18. The van der Waals surface area contributed by atoms with Gasteiger partial charge in [-0.1, -0.05) is 24.3 Å². The molecule has 0 saturated heterocycles. The highest BCUT2D eigenvalue weighted by Crippen LogP contribution is 2.29. The number of benzene rings is 2. The standard InChI is InChI=1S/C14H14N2O4S/c1-9(17)8-14(18)15-12-6-2-5-11-10(12)4-3-7-13(11)16-21(19)20/h2-7,16H,8H2,1H3,(H,15,18)(H,19,20). The van der Waals surface area contributed by atoms with Gasteiger partial charge in [0.2, 0.25) is 5.91 Å². The van der Waals surface area contributed by atoms with Crippen LogP contribution in [0, 0.1) is 0 Å². The Morgan fingerprint density at radius 3 is 2.24 bits per heavy atom. The van der Waals surface area contributed by atoms with Crippen molar-refractivity contribution in [2.24, 2.45) is 0 Å². The highest BCUT2D eigenvalue weighted by Gasteiger charge is 2.10. The smallest absolute Gasteiger partial charge is 0.259 e. The lowest BCUT2D eigenvalue weighted by atomic mass is 10.1. The minimum absolute atomic E-state index is 0.186. The first-order chi connectivity index (χ1) is 9.97. The van der Waals surface area contributed by atoms with Crippen molar-refractivity contribution in [1.82, 2.24) is 0 Å². The van der Waals surface area contributed by atoms with E-state index < -0.39 is 11.3 Å². The average Bonchev–Trinajstić information content (AvgIpc) is 2.38. The number of rotatable bonds is 5. The first-order valence-corrected chi connectivity index (χ1v) is 7.26. The van der Waals surface area contributed by atoms with E-state index in [0.29, 0.717) is 22.1 Å². The molecule has 0 aliphatic rings. The summed E-state index contributed by atoms with van der Waals surface area (Å²) in [6, 6.07) is 10.3. The van der Waals surface area contributed by atoms with Gasteiger partial charge in [-0.3, -0.25) is 18.9 Å². The number of Topliss-reactive ketones (excluding diaryl/α,β-unsaturated/α-hetero) is 1. The average molecular weight is 306 g/mol. The molecule has 2 aromatic carbocycles. The zero-order valence-electron chi connectivity index (χ0n) is 11.3. The third kappa shape index (κ3) is 3.87. The molecule has 2 rings (SSSR count). The quantitative estimate of drug-likeness (QED) is 0.583. The monoisotopic (exact) mass is 306 g/mol. The highest BCUT2D eigenvalue weighted by atomic mass is 32.2. The van der Waals surface area contributed by atoms with Gasteiger partial charge in [0.05, 0.1) is 12.1 Å². The minimum Gasteiger partial charge on any atom is -0.325 e. The van der Waals surface area contributed by atoms with Crippen LogP contribution in [0.4, 0.5) is 11.4 Å². The van der Waals surface area contributed by atoms with Crippen LogP contribution in [0.25, 0.3) is 10.8 Å². The zero-order chi connectivity index (χ0) is 15.4. The van der Waals surface area contributed by atoms with Crippen LogP contribution in [0.1, 0.15) is 13.3 Å². The second-order valence-electron chi connectivity index (χ2n) is 4.48. The second kappa shape index (κ2) is 6.47. The van der Waals surface area contributed by atoms with Crippen molar-refractivity contribution in [3.8, 4) is 0 Å². The van der Waals surface area contributed by atoms with Crippen molar-refractivity contribution in [3.05, 3.63) is 36.4 Å². The number of hydrogen-bond donors (Lipinski definition) is 3. The summed E-state index contributed by atoms with van der Waals surface area (Å²) in [6.07, 6.45) is -0.186. The van der Waals surface area contributed by atoms with E-state index in [1.807, 2.05) is 0 Å². The van der Waals surface area contributed by atoms with Gasteiger partial charge >= 0.3 is 0 Å². The van der Waals surface area contributed by atoms with Gasteiger partial charge in [0, 0.05) is 16.5 Å². The predicted molar refractivity (Wildman–Crippen MR) is 82.3 cm³/mol. The summed E-state index contributed by atoms with van der Waals surface area (Å²) in [5, 5.41) is 4.08. The molecule has 110 valence electrons. The number of hydrogen-bond acceptors (Lipinski definition) is 3. The van der Waals surface area contributed by atoms with Gasteiger partial charge in [-0.05, 0) is 19.1 Å². The molecule has 0 aliphatic carbocycles. The summed E-state index contributed by atoms with van der Waals surface area (Å²) in [5.74, 6) is -0.607. The van der Waals surface area contributed by atoms with Gasteiger partial charge in [0.15, 0.2) is 0 Å². The van der Waals surface area contributed by atoms with Crippen LogP contribution >= 0.6 is 0 Å². The molecule has 1 atom stereocenters. The van der Waals surface area contributed by atoms with Crippen LogP contribution in [0.2, 0.25) is 0 Å². The molecular formula is C14H14N2O4S. The summed E-state index contributed by atoms with van der Waals surface area (Å²) in [4.78, 5) is 22.6. The summed E-state index contributed by atoms with van der Waals surface area (Å²) in [5.41, 5.74) is 1.03. The molecule has 0 saturated carbocycles. The number of carbonyl (C=O) groups is 2. The third-order valence-corrected chi connectivity index (χ3v) is 3.20. The number of amides is 1. The first-order valence-electron chi connectivity index (χ1n) is 6.16. The van der Waals surface area contributed by atoms with Crippen molar-refractivity contribution in [3.63, 3.8) is 0 Å². The zero-order valence-corrected chi connectivity index (χ0v) is 12.1. The van der Waals surface area contributed by atoms with Crippen molar-refractivity contribution >= 4 is 45.1 Å². The van der Waals surface area contributed by atoms with Crippen LogP contribution < -0.4 is 10.0 Å². The van der Waals surface area contributed by atoms with E-state index in [1.165, 1.54) is 6.92 Å². The van der Waals surface area contributed by atoms with Crippen LogP contribution in [0.3, 0.4) is 0 Å². The van der Waals surface area contributed by atoms with Gasteiger partial charge in [-0.2, -0.15) is 0 Å². The van der Waals surface area contributed by atoms with E-state index in [0.717, 1.165) is 0 Å². The van der Waals surface area contributed by atoms with E-state index >= 15 is 0 Å². The molecule has 0 spiro atoms. The van der Waals surface area contributed by atoms with Crippen molar-refractivity contribution in [1.29, 1.82) is 0 Å². The molecule has 0 bridgehead atoms. The fourth-order valence-electron chi connectivity index (χ4n) is 2.02. The maximum absolute atomic E-state index is 11.7. The van der Waals surface area contributed by atoms with E-state index in [1.54, 1.807) is 36.4 Å². The van der Waals surface area contributed by atoms with Gasteiger partial charge in [-0.15, -0.1) is 0 Å². The Morgan fingerprint density at radius 1 is 1.10 bits per heavy atom. The SMILES string of the molecule is CC(=O)CC(=O)Nc1cccc2c(NS(=O)O)cccc12. The number of nitrogens with one attached hydrogen (secondary N) is 2. The van der Waals surface area contributed by atoms with Crippen molar-refractivity contribution in [2.45, 2.75) is 13.3 Å². The van der Waals surface area contributed by atoms with Crippen molar-refractivity contribution < 1.29 is 18.4 Å². The Labute approximate surface area is 124 Å². The lowest BCUT2D eigenvalue weighted by molar-refractivity contribution is -0.124. The topological polar surface area (TPSA) is 95.5 Å². The normalized spacial score (nSPS) is 11.9. The maximum Gasteiger partial charge on any atom is 0.259 e. The predicted octanol–water partition coefficient (Wildman–Crippen LogP) is 2.31. The molecule has 0 fully saturated rings. The number of fused-ring (bicyclic) bond motifs is 1. The Morgan fingerprint density at radius 2 is 1.67 bits per heavy atom. The molecule has 3 N–H and O–H groups in total. The first kappa shape index (κ1) is 15.1. The number of carbonyl (C=O) groups excluding carboxylic acids is 2. The Balaban J connectivity index is 2.39. The van der Waals surface area contributed by atoms with Crippen LogP contribution in [0.15, 0.2) is 36.4 Å². The van der Waals surface area contributed by atoms with E-state index in [4.69, 9.17) is 4.55 Å². The Kier molecular flexibility index (Phi) is 4.66. The lowest BCUT2D eigenvalue weighted by Crippen LogP contribution is -2.15. The fourth-order valence-corrected chi connectivity index (χ4v) is 2.39. The highest BCUT2D eigenvalue weighted by molar-refractivity contribution is 7.80. The fraction of sp³-hybridized carbons (Fsp3) is 0.143. The molecule has 7 heteroatoms. The summed E-state index contributed by atoms with van der Waals surface area (Å²) in [6.45, 7) is 1.35. The van der Waals surface area contributed by atoms with Gasteiger partial charge < -0.3 is 5.32 Å². The molecule has 0 heterocycles. The summed E-state index contributed by atoms with van der Waals surface area (Å²) < 4.78 is 22.2. The molecule has 1 amide bonds. The van der Waals surface area contributed by atoms with Crippen LogP contribution in [-0.4, -0.2) is 20.5 Å². The lowest BCUT2D eigenvalue weighted by Gasteiger charge is -2.11. The van der Waals surface area contributed by atoms with Gasteiger partial charge in [0.1, 0.15) is 5.78 Å². The Hall–Kier alpha value is -2.25. The van der Waals surface area contributed by atoms with Gasteiger partial charge in [0.25, 0.3) is 11.3 Å². The largest absolute Gasteiger partial charge is 0.325 e. The Bertz CT molecular complexity index is 730. The number of anilines is 2. The van der Waals surface area contributed by atoms with Crippen LogP contribution in [0.5, 0.6) is 0 Å². The molecule has 1 unspecified atom stereocenters. The second-order valence-corrected chi connectivity index (χ2v) is 5.19. The maximum atomic E-state index is 11.7. The number of ketones is 1. The summed E-state index contributed by atoms with van der Waals surface area (Å²) >= 11 is -2.18. The molecule has 0 aliphatic heterocycles. The molecule has 21 heavy (non-hydrogen) atoms.